The van der Waals surface area contributed by atoms with Crippen LogP contribution >= 0.6 is 15.9 Å². The van der Waals surface area contributed by atoms with Gasteiger partial charge in [0.25, 0.3) is 0 Å². The van der Waals surface area contributed by atoms with Crippen molar-refractivity contribution < 1.29 is 0 Å². The lowest BCUT2D eigenvalue weighted by molar-refractivity contribution is 1.48. The van der Waals surface area contributed by atoms with E-state index in [2.05, 4.69) is 27.5 Å². The number of hydrogen-bond acceptors (Lipinski definition) is 1. The zero-order valence-corrected chi connectivity index (χ0v) is 6.35. The van der Waals surface area contributed by atoms with Crippen LogP contribution in [0.2, 0.25) is 0 Å². The maximum Gasteiger partial charge on any atom is 0.0277 e. The van der Waals surface area contributed by atoms with Crippen LogP contribution in [0.5, 0.6) is 0 Å². The number of nitrogens with zero attached hydrogens (tertiary/aromatic N) is 1. The maximum atomic E-state index is 3.74. The zero-order chi connectivity index (χ0) is 6.41. The van der Waals surface area contributed by atoms with Gasteiger partial charge in [-0.15, -0.1) is 0 Å². The first-order chi connectivity index (χ1) is 3.81. The first-order valence-corrected chi connectivity index (χ1v) is 3.01. The topological polar surface area (TPSA) is 12.4 Å². The van der Waals surface area contributed by atoms with E-state index in [1.807, 2.05) is 6.08 Å². The molecular formula is C6H8BrN. The lowest BCUT2D eigenvalue weighted by Gasteiger charge is -1.78. The van der Waals surface area contributed by atoms with Crippen LogP contribution in [-0.2, 0) is 0 Å². The lowest BCUT2D eigenvalue weighted by atomic mass is 10.5. The fraction of sp³-hybridized carbons (Fsp3) is 0.167. The van der Waals surface area contributed by atoms with Gasteiger partial charge >= 0.3 is 0 Å². The highest BCUT2D eigenvalue weighted by molar-refractivity contribution is 9.11. The third kappa shape index (κ3) is 3.81. The van der Waals surface area contributed by atoms with Gasteiger partial charge in [-0.1, -0.05) is 28.6 Å². The summed E-state index contributed by atoms with van der Waals surface area (Å²) in [6.45, 7) is 3.54. The third-order valence-corrected chi connectivity index (χ3v) is 1.17. The van der Waals surface area contributed by atoms with Crippen molar-refractivity contribution in [1.29, 1.82) is 0 Å². The normalized spacial score (nSPS) is 12.5. The lowest BCUT2D eigenvalue weighted by Crippen LogP contribution is -1.63. The molecule has 0 aromatic heterocycles. The Morgan fingerprint density at radius 3 is 2.75 bits per heavy atom. The molecule has 0 saturated carbocycles. The molecule has 0 spiro atoms. The fourth-order valence-corrected chi connectivity index (χ4v) is 0.332. The molecule has 0 aliphatic rings. The van der Waals surface area contributed by atoms with Crippen molar-refractivity contribution in [2.24, 2.45) is 4.99 Å². The van der Waals surface area contributed by atoms with Crippen LogP contribution in [0.1, 0.15) is 0 Å². The average Bonchev–Trinajstić information content (AvgIpc) is 1.83. The monoisotopic (exact) mass is 173 g/mol. The smallest absolute Gasteiger partial charge is 0.0277 e. The minimum atomic E-state index is 0.947. The molecule has 0 aliphatic carbocycles. The minimum absolute atomic E-state index is 0.947. The van der Waals surface area contributed by atoms with E-state index < -0.39 is 0 Å². The van der Waals surface area contributed by atoms with E-state index in [-0.39, 0.29) is 0 Å². The Morgan fingerprint density at radius 2 is 2.38 bits per heavy atom. The Bertz CT molecular complexity index is 124. The Morgan fingerprint density at radius 1 is 1.75 bits per heavy atom. The van der Waals surface area contributed by atoms with Crippen LogP contribution < -0.4 is 0 Å². The summed E-state index contributed by atoms with van der Waals surface area (Å²) in [6, 6.07) is 0. The fourth-order valence-electron chi connectivity index (χ4n) is 0.214. The van der Waals surface area contributed by atoms with Crippen LogP contribution in [-0.4, -0.2) is 13.3 Å². The molecule has 0 amide bonds. The number of rotatable bonds is 2. The Hall–Kier alpha value is -0.370. The van der Waals surface area contributed by atoms with Crippen molar-refractivity contribution >= 4 is 22.1 Å². The summed E-state index contributed by atoms with van der Waals surface area (Å²) in [6.07, 6.45) is 5.24. The molecule has 0 aromatic rings. The van der Waals surface area contributed by atoms with Crippen molar-refractivity contribution in [2.45, 2.75) is 0 Å². The highest BCUT2D eigenvalue weighted by Crippen LogP contribution is 2.02. The van der Waals surface area contributed by atoms with E-state index in [4.69, 9.17) is 0 Å². The van der Waals surface area contributed by atoms with Gasteiger partial charge in [-0.2, -0.15) is 0 Å². The molecule has 0 radical (unpaired) electrons. The summed E-state index contributed by atoms with van der Waals surface area (Å²) in [5, 5.41) is 0. The molecule has 0 fully saturated rings. The van der Waals surface area contributed by atoms with Gasteiger partial charge in [-0.05, 0) is 6.08 Å². The zero-order valence-electron chi connectivity index (χ0n) is 4.76. The third-order valence-electron chi connectivity index (χ3n) is 0.578. The first-order valence-electron chi connectivity index (χ1n) is 2.21. The van der Waals surface area contributed by atoms with Crippen LogP contribution in [0.4, 0.5) is 0 Å². The first kappa shape index (κ1) is 7.63. The van der Waals surface area contributed by atoms with Gasteiger partial charge in [0.15, 0.2) is 0 Å². The predicted molar refractivity (Wildman–Crippen MR) is 41.6 cm³/mol. The van der Waals surface area contributed by atoms with E-state index in [0.29, 0.717) is 0 Å². The molecule has 2 heteroatoms. The van der Waals surface area contributed by atoms with Gasteiger partial charge in [0.05, 0.1) is 0 Å². The van der Waals surface area contributed by atoms with Gasteiger partial charge < -0.3 is 0 Å². The minimum Gasteiger partial charge on any atom is -0.296 e. The quantitative estimate of drug-likeness (QED) is 0.449. The summed E-state index contributed by atoms with van der Waals surface area (Å²) in [5.41, 5.74) is 0. The highest BCUT2D eigenvalue weighted by Gasteiger charge is 1.73. The van der Waals surface area contributed by atoms with Crippen LogP contribution in [0.15, 0.2) is 28.2 Å². The molecule has 0 aromatic carbocycles. The molecule has 0 aliphatic heterocycles. The standard InChI is InChI=1S/C6H8BrN/c1-3-6(7)4-5-8-2/h3-5H,1H2,2H3/b6-4+,8-5?. The van der Waals surface area contributed by atoms with Crippen molar-refractivity contribution in [1.82, 2.24) is 0 Å². The molecule has 0 saturated heterocycles. The average molecular weight is 174 g/mol. The molecule has 0 heterocycles. The number of aliphatic imine (C=N–C) groups is 1. The van der Waals surface area contributed by atoms with E-state index in [1.54, 1.807) is 19.3 Å². The van der Waals surface area contributed by atoms with Crippen molar-refractivity contribution in [3.63, 3.8) is 0 Å². The molecular weight excluding hydrogens is 166 g/mol. The van der Waals surface area contributed by atoms with Crippen LogP contribution in [0.25, 0.3) is 0 Å². The molecule has 0 unspecified atom stereocenters. The van der Waals surface area contributed by atoms with Gasteiger partial charge in [0.1, 0.15) is 0 Å². The van der Waals surface area contributed by atoms with Crippen molar-refractivity contribution in [2.75, 3.05) is 7.05 Å². The maximum absolute atomic E-state index is 3.74. The molecule has 0 bridgehead atoms. The van der Waals surface area contributed by atoms with Gasteiger partial charge in [-0.3, -0.25) is 4.99 Å². The summed E-state index contributed by atoms with van der Waals surface area (Å²) < 4.78 is 0.947. The largest absolute Gasteiger partial charge is 0.296 e. The summed E-state index contributed by atoms with van der Waals surface area (Å²) in [7, 11) is 1.72. The molecule has 0 atom stereocenters. The van der Waals surface area contributed by atoms with E-state index >= 15 is 0 Å². The van der Waals surface area contributed by atoms with Gasteiger partial charge in [0, 0.05) is 17.7 Å². The van der Waals surface area contributed by atoms with E-state index in [0.717, 1.165) is 4.48 Å². The number of hydrogen-bond donors (Lipinski definition) is 0. The molecule has 0 rings (SSSR count). The summed E-state index contributed by atoms with van der Waals surface area (Å²) in [5.74, 6) is 0. The predicted octanol–water partition coefficient (Wildman–Crippen LogP) is 2.15. The van der Waals surface area contributed by atoms with Crippen LogP contribution in [0, 0.1) is 0 Å². The number of allylic oxidation sites excluding steroid dienone is 3. The van der Waals surface area contributed by atoms with Crippen LogP contribution in [0.3, 0.4) is 0 Å². The molecule has 44 valence electrons. The number of halogens is 1. The van der Waals surface area contributed by atoms with Gasteiger partial charge in [0.2, 0.25) is 0 Å². The van der Waals surface area contributed by atoms with Crippen molar-refractivity contribution in [3.8, 4) is 0 Å². The Balaban J connectivity index is 3.74. The highest BCUT2D eigenvalue weighted by atomic mass is 79.9. The SMILES string of the molecule is C=C/C(Br)=C\C=NC. The molecule has 1 nitrogen and oxygen atoms in total. The van der Waals surface area contributed by atoms with E-state index in [1.165, 1.54) is 0 Å². The summed E-state index contributed by atoms with van der Waals surface area (Å²) in [4.78, 5) is 3.74. The second-order valence-electron chi connectivity index (χ2n) is 1.16. The Kier molecular flexibility index (Phi) is 4.56. The molecule has 8 heavy (non-hydrogen) atoms. The second-order valence-corrected chi connectivity index (χ2v) is 2.08. The Labute approximate surface area is 57.9 Å². The van der Waals surface area contributed by atoms with Crippen molar-refractivity contribution in [3.05, 3.63) is 23.2 Å². The molecule has 0 N–H and O–H groups in total. The summed E-state index contributed by atoms with van der Waals surface area (Å²) >= 11 is 3.23. The van der Waals surface area contributed by atoms with E-state index in [9.17, 15) is 0 Å². The van der Waals surface area contributed by atoms with Gasteiger partial charge in [-0.25, -0.2) is 0 Å². The second kappa shape index (κ2) is 4.78.